The van der Waals surface area contributed by atoms with Crippen molar-refractivity contribution in [2.75, 3.05) is 0 Å². The fourth-order valence-electron chi connectivity index (χ4n) is 1.74. The van der Waals surface area contributed by atoms with Gasteiger partial charge in [-0.15, -0.1) is 6.58 Å². The van der Waals surface area contributed by atoms with E-state index in [1.54, 1.807) is 0 Å². The Kier molecular flexibility index (Phi) is 2.25. The van der Waals surface area contributed by atoms with E-state index in [2.05, 4.69) is 6.58 Å². The summed E-state index contributed by atoms with van der Waals surface area (Å²) in [6, 6.07) is 0. The molecule has 0 aliphatic heterocycles. The van der Waals surface area contributed by atoms with Crippen molar-refractivity contribution in [3.63, 3.8) is 0 Å². The van der Waals surface area contributed by atoms with Crippen LogP contribution in [0.25, 0.3) is 0 Å². The summed E-state index contributed by atoms with van der Waals surface area (Å²) in [6.45, 7) is 3.77. The highest BCUT2D eigenvalue weighted by Gasteiger charge is 2.29. The van der Waals surface area contributed by atoms with Crippen LogP contribution in [0.4, 0.5) is 0 Å². The zero-order valence-electron chi connectivity index (χ0n) is 6.31. The summed E-state index contributed by atoms with van der Waals surface area (Å²) >= 11 is 0. The molecule has 1 aliphatic rings. The Hall–Kier alpha value is -0.590. The van der Waals surface area contributed by atoms with Crippen LogP contribution < -0.4 is 0 Å². The van der Waals surface area contributed by atoms with Crippen LogP contribution in [0.5, 0.6) is 0 Å². The molecular weight excluding hydrogens is 124 g/mol. The van der Waals surface area contributed by atoms with Gasteiger partial charge < -0.3 is 4.79 Å². The first kappa shape index (κ1) is 7.52. The molecule has 1 rings (SSSR count). The van der Waals surface area contributed by atoms with Crippen LogP contribution in [0.1, 0.15) is 32.1 Å². The van der Waals surface area contributed by atoms with Crippen molar-refractivity contribution in [1.29, 1.82) is 0 Å². The molecule has 0 saturated heterocycles. The minimum atomic E-state index is 0.182. The molecule has 10 heavy (non-hydrogen) atoms. The Morgan fingerprint density at radius 3 is 2.40 bits per heavy atom. The van der Waals surface area contributed by atoms with Crippen LogP contribution in [0.3, 0.4) is 0 Å². The number of rotatable bonds is 3. The number of aldehydes is 1. The first-order valence-electron chi connectivity index (χ1n) is 3.90. The van der Waals surface area contributed by atoms with Crippen molar-refractivity contribution in [3.8, 4) is 0 Å². The second-order valence-electron chi connectivity index (χ2n) is 3.14. The highest BCUT2D eigenvalue weighted by atomic mass is 16.1. The topological polar surface area (TPSA) is 17.1 Å². The third kappa shape index (κ3) is 1.28. The van der Waals surface area contributed by atoms with Crippen LogP contribution in [-0.2, 0) is 4.79 Å². The minimum Gasteiger partial charge on any atom is -0.303 e. The lowest BCUT2D eigenvalue weighted by molar-refractivity contribution is -0.109. The van der Waals surface area contributed by atoms with Gasteiger partial charge in [0.25, 0.3) is 0 Å². The van der Waals surface area contributed by atoms with Gasteiger partial charge in [-0.2, -0.15) is 0 Å². The van der Waals surface area contributed by atoms with E-state index in [4.69, 9.17) is 0 Å². The number of hydrogen-bond donors (Lipinski definition) is 0. The standard InChI is InChI=1S/C9H14O/c1-2-9(7-8-10)5-3-4-6-9/h2,8H,1,3-7H2. The summed E-state index contributed by atoms with van der Waals surface area (Å²) in [7, 11) is 0. The predicted molar refractivity (Wildman–Crippen MR) is 41.8 cm³/mol. The van der Waals surface area contributed by atoms with Gasteiger partial charge in [0.15, 0.2) is 0 Å². The fraction of sp³-hybridized carbons (Fsp3) is 0.667. The first-order valence-corrected chi connectivity index (χ1v) is 3.90. The molecule has 0 heterocycles. The molecule has 0 N–H and O–H groups in total. The number of carbonyl (C=O) groups excluding carboxylic acids is 1. The molecule has 56 valence electrons. The number of allylic oxidation sites excluding steroid dienone is 1. The van der Waals surface area contributed by atoms with Gasteiger partial charge in [-0.05, 0) is 18.3 Å². The van der Waals surface area contributed by atoms with E-state index in [1.807, 2.05) is 6.08 Å². The van der Waals surface area contributed by atoms with E-state index < -0.39 is 0 Å². The predicted octanol–water partition coefficient (Wildman–Crippen LogP) is 2.32. The quantitative estimate of drug-likeness (QED) is 0.432. The van der Waals surface area contributed by atoms with Gasteiger partial charge in [0.1, 0.15) is 6.29 Å². The third-order valence-electron chi connectivity index (χ3n) is 2.52. The van der Waals surface area contributed by atoms with Crippen LogP contribution in [0, 0.1) is 5.41 Å². The molecule has 0 aromatic heterocycles. The van der Waals surface area contributed by atoms with Crippen LogP contribution in [0.15, 0.2) is 12.7 Å². The summed E-state index contributed by atoms with van der Waals surface area (Å²) < 4.78 is 0. The molecule has 0 atom stereocenters. The van der Waals surface area contributed by atoms with Crippen LogP contribution >= 0.6 is 0 Å². The van der Waals surface area contributed by atoms with E-state index in [1.165, 1.54) is 12.8 Å². The Bertz CT molecular complexity index is 132. The summed E-state index contributed by atoms with van der Waals surface area (Å²) in [4.78, 5) is 10.3. The lowest BCUT2D eigenvalue weighted by atomic mass is 9.84. The van der Waals surface area contributed by atoms with Crippen molar-refractivity contribution >= 4 is 6.29 Å². The maximum atomic E-state index is 10.3. The van der Waals surface area contributed by atoms with Crippen LogP contribution in [-0.4, -0.2) is 6.29 Å². The monoisotopic (exact) mass is 138 g/mol. The van der Waals surface area contributed by atoms with Crippen molar-refractivity contribution in [2.45, 2.75) is 32.1 Å². The fourth-order valence-corrected chi connectivity index (χ4v) is 1.74. The Morgan fingerprint density at radius 2 is 2.00 bits per heavy atom. The Labute approximate surface area is 62.1 Å². The molecule has 1 heteroatoms. The lowest BCUT2D eigenvalue weighted by Gasteiger charge is -2.20. The van der Waals surface area contributed by atoms with Crippen molar-refractivity contribution in [2.24, 2.45) is 5.41 Å². The van der Waals surface area contributed by atoms with Gasteiger partial charge in [-0.3, -0.25) is 0 Å². The van der Waals surface area contributed by atoms with Crippen molar-refractivity contribution in [1.82, 2.24) is 0 Å². The van der Waals surface area contributed by atoms with E-state index in [9.17, 15) is 4.79 Å². The van der Waals surface area contributed by atoms with Gasteiger partial charge in [0.05, 0.1) is 0 Å². The molecule has 1 aliphatic carbocycles. The Morgan fingerprint density at radius 1 is 1.40 bits per heavy atom. The molecule has 1 fully saturated rings. The van der Waals surface area contributed by atoms with E-state index >= 15 is 0 Å². The molecule has 0 radical (unpaired) electrons. The number of carbonyl (C=O) groups is 1. The third-order valence-corrected chi connectivity index (χ3v) is 2.52. The molecule has 0 unspecified atom stereocenters. The Balaban J connectivity index is 2.57. The van der Waals surface area contributed by atoms with Gasteiger partial charge >= 0.3 is 0 Å². The summed E-state index contributed by atoms with van der Waals surface area (Å²) in [5.41, 5.74) is 0.182. The highest BCUT2D eigenvalue weighted by Crippen LogP contribution is 2.41. The molecule has 1 nitrogen and oxygen atoms in total. The van der Waals surface area contributed by atoms with Gasteiger partial charge in [0.2, 0.25) is 0 Å². The smallest absolute Gasteiger partial charge is 0.120 e. The zero-order chi connectivity index (χ0) is 7.45. The van der Waals surface area contributed by atoms with Gasteiger partial charge in [0, 0.05) is 6.42 Å². The molecule has 0 bridgehead atoms. The zero-order valence-corrected chi connectivity index (χ0v) is 6.31. The van der Waals surface area contributed by atoms with Crippen LogP contribution in [0.2, 0.25) is 0 Å². The first-order chi connectivity index (χ1) is 4.83. The summed E-state index contributed by atoms with van der Waals surface area (Å²) in [6.07, 6.45) is 8.52. The number of hydrogen-bond acceptors (Lipinski definition) is 1. The maximum Gasteiger partial charge on any atom is 0.120 e. The van der Waals surface area contributed by atoms with E-state index in [0.29, 0.717) is 6.42 Å². The van der Waals surface area contributed by atoms with Gasteiger partial charge in [-0.25, -0.2) is 0 Å². The average Bonchev–Trinajstić information content (AvgIpc) is 2.39. The van der Waals surface area contributed by atoms with E-state index in [-0.39, 0.29) is 5.41 Å². The molecular formula is C9H14O. The molecule has 1 saturated carbocycles. The summed E-state index contributed by atoms with van der Waals surface area (Å²) in [5.74, 6) is 0. The maximum absolute atomic E-state index is 10.3. The molecule has 0 amide bonds. The second kappa shape index (κ2) is 3.00. The second-order valence-corrected chi connectivity index (χ2v) is 3.14. The molecule has 0 aromatic carbocycles. The lowest BCUT2D eigenvalue weighted by Crippen LogP contribution is -2.12. The minimum absolute atomic E-state index is 0.182. The normalized spacial score (nSPS) is 22.4. The largest absolute Gasteiger partial charge is 0.303 e. The highest BCUT2D eigenvalue weighted by molar-refractivity contribution is 5.51. The summed E-state index contributed by atoms with van der Waals surface area (Å²) in [5, 5.41) is 0. The molecule has 0 aromatic rings. The van der Waals surface area contributed by atoms with Crippen molar-refractivity contribution < 1.29 is 4.79 Å². The SMILES string of the molecule is C=CC1(CC=O)CCCC1. The molecule has 0 spiro atoms. The average molecular weight is 138 g/mol. The van der Waals surface area contributed by atoms with Crippen molar-refractivity contribution in [3.05, 3.63) is 12.7 Å². The van der Waals surface area contributed by atoms with Gasteiger partial charge in [-0.1, -0.05) is 18.9 Å². The van der Waals surface area contributed by atoms with E-state index in [0.717, 1.165) is 19.1 Å².